The van der Waals surface area contributed by atoms with Crippen LogP contribution in [0, 0.1) is 13.8 Å². The number of hydrogen-bond acceptors (Lipinski definition) is 7. The number of esters is 1. The van der Waals surface area contributed by atoms with Crippen LogP contribution in [0.15, 0.2) is 34.2 Å². The quantitative estimate of drug-likeness (QED) is 0.255. The number of aryl methyl sites for hydroxylation is 2. The van der Waals surface area contributed by atoms with Crippen LogP contribution in [0.1, 0.15) is 47.1 Å². The van der Waals surface area contributed by atoms with Crippen molar-refractivity contribution in [2.24, 2.45) is 0 Å². The molecular weight excluding hydrogens is 458 g/mol. The number of carbonyl (C=O) groups is 2. The Kier molecular flexibility index (Phi) is 8.31. The van der Waals surface area contributed by atoms with Crippen molar-refractivity contribution in [3.8, 4) is 0 Å². The van der Waals surface area contributed by atoms with Gasteiger partial charge in [-0.15, -0.1) is 11.3 Å². The third-order valence-corrected chi connectivity index (χ3v) is 7.51. The van der Waals surface area contributed by atoms with Gasteiger partial charge in [-0.25, -0.2) is 9.78 Å². The second-order valence-electron chi connectivity index (χ2n) is 7.58. The fourth-order valence-corrected chi connectivity index (χ4v) is 5.53. The van der Waals surface area contributed by atoms with Gasteiger partial charge < -0.3 is 9.64 Å². The highest BCUT2D eigenvalue weighted by Crippen LogP contribution is 2.30. The summed E-state index contributed by atoms with van der Waals surface area (Å²) in [6, 6.07) is 7.95. The Balaban J connectivity index is 2.08. The summed E-state index contributed by atoms with van der Waals surface area (Å²) >= 11 is 2.41. The Morgan fingerprint density at radius 1 is 1.12 bits per heavy atom. The Morgan fingerprint density at radius 3 is 2.39 bits per heavy atom. The molecule has 0 saturated heterocycles. The Bertz CT molecular complexity index is 1210. The van der Waals surface area contributed by atoms with E-state index in [1.54, 1.807) is 23.3 Å². The van der Waals surface area contributed by atoms with Gasteiger partial charge >= 0.3 is 5.97 Å². The van der Waals surface area contributed by atoms with Crippen molar-refractivity contribution in [1.82, 2.24) is 14.5 Å². The van der Waals surface area contributed by atoms with Crippen LogP contribution >= 0.6 is 23.1 Å². The molecule has 1 amide bonds. The van der Waals surface area contributed by atoms with E-state index < -0.39 is 5.97 Å². The Labute approximate surface area is 201 Å². The van der Waals surface area contributed by atoms with E-state index in [1.165, 1.54) is 11.8 Å². The number of nitrogens with zero attached hydrogens (tertiary/aromatic N) is 3. The summed E-state index contributed by atoms with van der Waals surface area (Å²) in [5.74, 6) is -0.271. The normalized spacial score (nSPS) is 11.1. The summed E-state index contributed by atoms with van der Waals surface area (Å²) in [5, 5.41) is 0.889. The minimum absolute atomic E-state index is 0.00388. The molecule has 3 rings (SSSR count). The molecule has 0 unspecified atom stereocenters. The summed E-state index contributed by atoms with van der Waals surface area (Å²) in [5.41, 5.74) is 2.45. The number of fused-ring (bicyclic) bond motifs is 1. The monoisotopic (exact) mass is 487 g/mol. The minimum Gasteiger partial charge on any atom is -0.462 e. The van der Waals surface area contributed by atoms with Gasteiger partial charge in [0.1, 0.15) is 9.71 Å². The molecule has 33 heavy (non-hydrogen) atoms. The topological polar surface area (TPSA) is 81.5 Å². The zero-order chi connectivity index (χ0) is 24.1. The average Bonchev–Trinajstić information content (AvgIpc) is 3.13. The van der Waals surface area contributed by atoms with Crippen LogP contribution in [0.25, 0.3) is 10.2 Å². The summed E-state index contributed by atoms with van der Waals surface area (Å²) in [4.78, 5) is 45.9. The average molecular weight is 488 g/mol. The van der Waals surface area contributed by atoms with Gasteiger partial charge in [-0.3, -0.25) is 14.2 Å². The van der Waals surface area contributed by atoms with Crippen molar-refractivity contribution < 1.29 is 14.3 Å². The Hall–Kier alpha value is -2.65. The van der Waals surface area contributed by atoms with Crippen LogP contribution in [0.2, 0.25) is 0 Å². The van der Waals surface area contributed by atoms with Crippen LogP contribution in [0.3, 0.4) is 0 Å². The maximum atomic E-state index is 13.6. The highest BCUT2D eigenvalue weighted by atomic mass is 32.2. The third-order valence-electron chi connectivity index (χ3n) is 5.38. The van der Waals surface area contributed by atoms with Crippen molar-refractivity contribution in [3.05, 3.63) is 56.2 Å². The molecule has 1 aromatic carbocycles. The smallest absolute Gasteiger partial charge is 0.348 e. The van der Waals surface area contributed by atoms with Crippen molar-refractivity contribution in [2.75, 3.05) is 25.4 Å². The van der Waals surface area contributed by atoms with Crippen LogP contribution in [0.4, 0.5) is 0 Å². The SMILES string of the molecule is CCOC(=O)c1sc2nc(SCC(=O)N(CC)CC)n(Cc3ccc(C)cc3)c(=O)c2c1C. The van der Waals surface area contributed by atoms with Crippen molar-refractivity contribution in [3.63, 3.8) is 0 Å². The Morgan fingerprint density at radius 2 is 1.79 bits per heavy atom. The molecular formula is C24H29N3O4S2. The first kappa shape index (κ1) is 25.0. The highest BCUT2D eigenvalue weighted by molar-refractivity contribution is 7.99. The fraction of sp³-hybridized carbons (Fsp3) is 0.417. The molecule has 0 bridgehead atoms. The number of thiophene rings is 1. The molecule has 0 radical (unpaired) electrons. The van der Waals surface area contributed by atoms with Crippen LogP contribution in [-0.2, 0) is 16.1 Å². The summed E-state index contributed by atoms with van der Waals surface area (Å²) < 4.78 is 6.75. The molecule has 0 spiro atoms. The first-order chi connectivity index (χ1) is 15.8. The van der Waals surface area contributed by atoms with Gasteiger partial charge in [0, 0.05) is 13.1 Å². The third kappa shape index (κ3) is 5.47. The first-order valence-electron chi connectivity index (χ1n) is 11.0. The molecule has 176 valence electrons. The maximum absolute atomic E-state index is 13.6. The van der Waals surface area contributed by atoms with Gasteiger partial charge in [0.15, 0.2) is 5.16 Å². The van der Waals surface area contributed by atoms with Gasteiger partial charge in [0.2, 0.25) is 5.91 Å². The number of carbonyl (C=O) groups excluding carboxylic acids is 2. The van der Waals surface area contributed by atoms with E-state index in [4.69, 9.17) is 9.72 Å². The van der Waals surface area contributed by atoms with E-state index >= 15 is 0 Å². The van der Waals surface area contributed by atoms with Crippen LogP contribution in [-0.4, -0.2) is 51.8 Å². The van der Waals surface area contributed by atoms with Crippen molar-refractivity contribution in [1.29, 1.82) is 0 Å². The molecule has 0 aliphatic rings. The number of ether oxygens (including phenoxy) is 1. The van der Waals surface area contributed by atoms with E-state index in [2.05, 4.69) is 0 Å². The lowest BCUT2D eigenvalue weighted by atomic mass is 10.1. The van der Waals surface area contributed by atoms with Gasteiger partial charge in [0.05, 0.1) is 24.3 Å². The number of thioether (sulfide) groups is 1. The molecule has 0 aliphatic heterocycles. The fourth-order valence-electron chi connectivity index (χ4n) is 3.51. The number of amides is 1. The summed E-state index contributed by atoms with van der Waals surface area (Å²) in [6.07, 6.45) is 0. The highest BCUT2D eigenvalue weighted by Gasteiger charge is 2.23. The number of aromatic nitrogens is 2. The van der Waals surface area contributed by atoms with E-state index in [1.807, 2.05) is 45.0 Å². The van der Waals surface area contributed by atoms with Crippen LogP contribution in [0.5, 0.6) is 0 Å². The molecule has 3 aromatic rings. The van der Waals surface area contributed by atoms with E-state index in [0.717, 1.165) is 22.5 Å². The summed E-state index contributed by atoms with van der Waals surface area (Å²) in [7, 11) is 0. The molecule has 0 fully saturated rings. The first-order valence-corrected chi connectivity index (χ1v) is 12.8. The predicted octanol–water partition coefficient (Wildman–Crippen LogP) is 4.26. The van der Waals surface area contributed by atoms with Crippen molar-refractivity contribution >= 4 is 45.2 Å². The molecule has 9 heteroatoms. The predicted molar refractivity (Wildman–Crippen MR) is 134 cm³/mol. The van der Waals surface area contributed by atoms with Gasteiger partial charge in [0.25, 0.3) is 5.56 Å². The summed E-state index contributed by atoms with van der Waals surface area (Å²) in [6.45, 7) is 11.2. The minimum atomic E-state index is -0.451. The van der Waals surface area contributed by atoms with Gasteiger partial charge in [-0.05, 0) is 45.7 Å². The zero-order valence-corrected chi connectivity index (χ0v) is 21.3. The zero-order valence-electron chi connectivity index (χ0n) is 19.6. The second-order valence-corrected chi connectivity index (χ2v) is 9.52. The molecule has 2 aromatic heterocycles. The standard InChI is InChI=1S/C24H29N3O4S2/c1-6-26(7-2)18(28)14-32-24-25-21-19(16(5)20(33-21)23(30)31-8-3)22(29)27(24)13-17-11-9-15(4)10-12-17/h9-12H,6-8,13-14H2,1-5H3. The largest absolute Gasteiger partial charge is 0.462 e. The van der Waals surface area contributed by atoms with E-state index in [-0.39, 0.29) is 23.8 Å². The van der Waals surface area contributed by atoms with Gasteiger partial charge in [-0.2, -0.15) is 0 Å². The van der Waals surface area contributed by atoms with Crippen LogP contribution < -0.4 is 5.56 Å². The molecule has 0 atom stereocenters. The number of rotatable bonds is 9. The van der Waals surface area contributed by atoms with E-state index in [9.17, 15) is 14.4 Å². The molecule has 0 aliphatic carbocycles. The molecule has 7 nitrogen and oxygen atoms in total. The molecule has 0 N–H and O–H groups in total. The lowest BCUT2D eigenvalue weighted by Gasteiger charge is -2.18. The van der Waals surface area contributed by atoms with Crippen molar-refractivity contribution in [2.45, 2.75) is 46.3 Å². The second kappa shape index (κ2) is 11.0. The van der Waals surface area contributed by atoms with Gasteiger partial charge in [-0.1, -0.05) is 41.6 Å². The number of benzene rings is 1. The maximum Gasteiger partial charge on any atom is 0.348 e. The van der Waals surface area contributed by atoms with E-state index in [0.29, 0.717) is 45.4 Å². The lowest BCUT2D eigenvalue weighted by molar-refractivity contribution is -0.127. The molecule has 2 heterocycles. The molecule has 0 saturated carbocycles. The number of hydrogen-bond donors (Lipinski definition) is 0. The lowest BCUT2D eigenvalue weighted by Crippen LogP contribution is -2.32.